The van der Waals surface area contributed by atoms with Crippen molar-refractivity contribution in [2.75, 3.05) is 33.5 Å². The standard InChI is InChI=1S/C11H15F2NO5S/c1-17-4-5-18-6-7-19-8-2-3-9(20(14,15)16)11(13)10(8)12/h2-3H,4-7H2,1H3,(H2,14,15,16). The molecule has 0 saturated heterocycles. The Morgan fingerprint density at radius 1 is 1.10 bits per heavy atom. The monoisotopic (exact) mass is 311 g/mol. The van der Waals surface area contributed by atoms with Crippen molar-refractivity contribution in [1.82, 2.24) is 0 Å². The van der Waals surface area contributed by atoms with E-state index in [9.17, 15) is 17.2 Å². The lowest BCUT2D eigenvalue weighted by molar-refractivity contribution is 0.0536. The van der Waals surface area contributed by atoms with Gasteiger partial charge in [0.1, 0.15) is 11.5 Å². The molecule has 114 valence electrons. The van der Waals surface area contributed by atoms with Gasteiger partial charge in [0.25, 0.3) is 0 Å². The molecule has 0 aliphatic rings. The first-order valence-electron chi connectivity index (χ1n) is 5.58. The molecule has 1 aromatic rings. The SMILES string of the molecule is COCCOCCOc1ccc(S(N)(=O)=O)c(F)c1F. The fourth-order valence-electron chi connectivity index (χ4n) is 1.30. The summed E-state index contributed by atoms with van der Waals surface area (Å²) in [6.45, 7) is 0.892. The van der Waals surface area contributed by atoms with Gasteiger partial charge in [0, 0.05) is 7.11 Å². The highest BCUT2D eigenvalue weighted by atomic mass is 32.2. The first-order chi connectivity index (χ1) is 9.38. The molecule has 0 aromatic heterocycles. The average molecular weight is 311 g/mol. The fraction of sp³-hybridized carbons (Fsp3) is 0.455. The highest BCUT2D eigenvalue weighted by Gasteiger charge is 2.21. The van der Waals surface area contributed by atoms with Crippen LogP contribution in [0.2, 0.25) is 0 Å². The summed E-state index contributed by atoms with van der Waals surface area (Å²) in [7, 11) is -2.80. The molecule has 20 heavy (non-hydrogen) atoms. The van der Waals surface area contributed by atoms with E-state index in [0.717, 1.165) is 12.1 Å². The Bertz CT molecular complexity index is 550. The summed E-state index contributed by atoms with van der Waals surface area (Å²) in [6.07, 6.45) is 0. The third-order valence-electron chi connectivity index (χ3n) is 2.24. The van der Waals surface area contributed by atoms with E-state index < -0.39 is 32.3 Å². The van der Waals surface area contributed by atoms with Crippen LogP contribution in [0, 0.1) is 11.6 Å². The maximum absolute atomic E-state index is 13.5. The van der Waals surface area contributed by atoms with E-state index in [1.165, 1.54) is 7.11 Å². The van der Waals surface area contributed by atoms with Gasteiger partial charge >= 0.3 is 0 Å². The molecule has 0 unspecified atom stereocenters. The van der Waals surface area contributed by atoms with Crippen LogP contribution in [0.15, 0.2) is 17.0 Å². The van der Waals surface area contributed by atoms with Gasteiger partial charge in [-0.2, -0.15) is 4.39 Å². The Morgan fingerprint density at radius 2 is 1.75 bits per heavy atom. The number of rotatable bonds is 8. The summed E-state index contributed by atoms with van der Waals surface area (Å²) in [5, 5.41) is 4.74. The van der Waals surface area contributed by atoms with Crippen LogP contribution >= 0.6 is 0 Å². The van der Waals surface area contributed by atoms with Crippen molar-refractivity contribution in [3.8, 4) is 5.75 Å². The van der Waals surface area contributed by atoms with Crippen LogP contribution < -0.4 is 9.88 Å². The van der Waals surface area contributed by atoms with Crippen molar-refractivity contribution in [3.63, 3.8) is 0 Å². The Morgan fingerprint density at radius 3 is 2.35 bits per heavy atom. The van der Waals surface area contributed by atoms with E-state index >= 15 is 0 Å². The van der Waals surface area contributed by atoms with Crippen molar-refractivity contribution >= 4 is 10.0 Å². The van der Waals surface area contributed by atoms with Gasteiger partial charge < -0.3 is 14.2 Å². The smallest absolute Gasteiger partial charge is 0.241 e. The van der Waals surface area contributed by atoms with Crippen molar-refractivity contribution in [2.45, 2.75) is 4.90 Å². The second kappa shape index (κ2) is 7.48. The molecule has 0 aliphatic carbocycles. The molecule has 0 atom stereocenters. The Labute approximate surface area is 115 Å². The van der Waals surface area contributed by atoms with Gasteiger partial charge in [-0.1, -0.05) is 0 Å². The first-order valence-corrected chi connectivity index (χ1v) is 7.13. The number of sulfonamides is 1. The van der Waals surface area contributed by atoms with Gasteiger partial charge in [-0.05, 0) is 12.1 Å². The number of hydrogen-bond donors (Lipinski definition) is 1. The lowest BCUT2D eigenvalue weighted by Gasteiger charge is -2.09. The maximum atomic E-state index is 13.5. The molecular weight excluding hydrogens is 296 g/mol. The Kier molecular flexibility index (Phi) is 6.27. The molecule has 0 amide bonds. The largest absolute Gasteiger partial charge is 0.488 e. The van der Waals surface area contributed by atoms with Crippen molar-refractivity contribution in [3.05, 3.63) is 23.8 Å². The molecular formula is C11H15F2NO5S. The molecule has 0 aliphatic heterocycles. The zero-order chi connectivity index (χ0) is 15.2. The topological polar surface area (TPSA) is 87.8 Å². The van der Waals surface area contributed by atoms with E-state index in [1.807, 2.05) is 0 Å². The molecule has 0 spiro atoms. The number of nitrogens with two attached hydrogens (primary N) is 1. The second-order valence-corrected chi connectivity index (χ2v) is 5.22. The minimum absolute atomic E-state index is 0.0191. The number of ether oxygens (including phenoxy) is 3. The maximum Gasteiger partial charge on any atom is 0.241 e. The molecule has 0 radical (unpaired) electrons. The van der Waals surface area contributed by atoms with E-state index in [2.05, 4.69) is 0 Å². The molecule has 9 heteroatoms. The van der Waals surface area contributed by atoms with Gasteiger partial charge in [0.15, 0.2) is 11.6 Å². The number of methoxy groups -OCH3 is 1. The van der Waals surface area contributed by atoms with Crippen molar-refractivity contribution < 1.29 is 31.4 Å². The molecule has 0 heterocycles. The highest BCUT2D eigenvalue weighted by Crippen LogP contribution is 2.24. The third kappa shape index (κ3) is 4.67. The summed E-state index contributed by atoms with van der Waals surface area (Å²) in [6, 6.07) is 1.84. The van der Waals surface area contributed by atoms with Gasteiger partial charge in [0.2, 0.25) is 15.8 Å². The van der Waals surface area contributed by atoms with E-state index in [0.29, 0.717) is 13.2 Å². The normalized spacial score (nSPS) is 11.6. The lowest BCUT2D eigenvalue weighted by Crippen LogP contribution is -2.16. The van der Waals surface area contributed by atoms with Crippen LogP contribution in [0.5, 0.6) is 5.75 Å². The quantitative estimate of drug-likeness (QED) is 0.712. The summed E-state index contributed by atoms with van der Waals surface area (Å²) in [5.74, 6) is -3.39. The summed E-state index contributed by atoms with van der Waals surface area (Å²) in [5.41, 5.74) is 0. The van der Waals surface area contributed by atoms with Gasteiger partial charge in [-0.15, -0.1) is 0 Å². The minimum atomic E-state index is -4.32. The van der Waals surface area contributed by atoms with Gasteiger partial charge in [-0.25, -0.2) is 17.9 Å². The zero-order valence-electron chi connectivity index (χ0n) is 10.8. The highest BCUT2D eigenvalue weighted by molar-refractivity contribution is 7.89. The van der Waals surface area contributed by atoms with Crippen LogP contribution in [-0.4, -0.2) is 42.0 Å². The number of hydrogen-bond acceptors (Lipinski definition) is 5. The molecule has 0 saturated carbocycles. The van der Waals surface area contributed by atoms with Gasteiger partial charge in [-0.3, -0.25) is 0 Å². The average Bonchev–Trinajstić information content (AvgIpc) is 2.37. The van der Waals surface area contributed by atoms with E-state index in [4.69, 9.17) is 19.3 Å². The predicted octanol–water partition coefficient (Wildman–Crippen LogP) is 0.654. The Hall–Kier alpha value is -1.29. The number of benzene rings is 1. The fourth-order valence-corrected chi connectivity index (χ4v) is 1.90. The van der Waals surface area contributed by atoms with Crippen LogP contribution in [0.3, 0.4) is 0 Å². The number of primary sulfonamides is 1. The van der Waals surface area contributed by atoms with Crippen molar-refractivity contribution in [1.29, 1.82) is 0 Å². The summed E-state index contributed by atoms with van der Waals surface area (Å²) >= 11 is 0. The molecule has 1 rings (SSSR count). The van der Waals surface area contributed by atoms with Crippen LogP contribution in [0.25, 0.3) is 0 Å². The Balaban J connectivity index is 2.63. The molecule has 6 nitrogen and oxygen atoms in total. The molecule has 0 bridgehead atoms. The van der Waals surface area contributed by atoms with Gasteiger partial charge in [0.05, 0.1) is 19.8 Å². The summed E-state index contributed by atoms with van der Waals surface area (Å²) < 4.78 is 63.7. The molecule has 1 aromatic carbocycles. The van der Waals surface area contributed by atoms with Crippen LogP contribution in [0.4, 0.5) is 8.78 Å². The second-order valence-electron chi connectivity index (χ2n) is 3.69. The summed E-state index contributed by atoms with van der Waals surface area (Å²) in [4.78, 5) is -0.918. The molecule has 0 fully saturated rings. The minimum Gasteiger partial charge on any atom is -0.488 e. The third-order valence-corrected chi connectivity index (χ3v) is 3.16. The zero-order valence-corrected chi connectivity index (χ0v) is 11.6. The first kappa shape index (κ1) is 16.8. The number of halogens is 2. The predicted molar refractivity (Wildman–Crippen MR) is 65.9 cm³/mol. The molecule has 2 N–H and O–H groups in total. The lowest BCUT2D eigenvalue weighted by atomic mass is 10.3. The van der Waals surface area contributed by atoms with E-state index in [-0.39, 0.29) is 13.2 Å². The van der Waals surface area contributed by atoms with E-state index in [1.54, 1.807) is 0 Å². The van der Waals surface area contributed by atoms with Crippen molar-refractivity contribution in [2.24, 2.45) is 5.14 Å². The van der Waals surface area contributed by atoms with Crippen LogP contribution in [0.1, 0.15) is 0 Å². The van der Waals surface area contributed by atoms with Crippen LogP contribution in [-0.2, 0) is 19.5 Å².